The third-order valence-corrected chi connectivity index (χ3v) is 3.78. The highest BCUT2D eigenvalue weighted by Gasteiger charge is 2.46. The molecule has 1 saturated carbocycles. The zero-order valence-electron chi connectivity index (χ0n) is 10.1. The predicted molar refractivity (Wildman–Crippen MR) is 65.7 cm³/mol. The van der Waals surface area contributed by atoms with Crippen LogP contribution in [0, 0.1) is 5.41 Å². The van der Waals surface area contributed by atoms with E-state index in [4.69, 9.17) is 10.8 Å². The molecule has 0 radical (unpaired) electrons. The van der Waals surface area contributed by atoms with Crippen molar-refractivity contribution in [1.82, 2.24) is 5.32 Å². The maximum atomic E-state index is 11.9. The van der Waals surface area contributed by atoms with Crippen molar-refractivity contribution < 1.29 is 9.90 Å². The van der Waals surface area contributed by atoms with Gasteiger partial charge in [-0.2, -0.15) is 0 Å². The lowest BCUT2D eigenvalue weighted by atomic mass is 9.63. The summed E-state index contributed by atoms with van der Waals surface area (Å²) in [4.78, 5) is 11.9. The molecule has 4 N–H and O–H groups in total. The Balaban J connectivity index is 2.01. The summed E-state index contributed by atoms with van der Waals surface area (Å²) in [7, 11) is 0. The van der Waals surface area contributed by atoms with E-state index >= 15 is 0 Å². The van der Waals surface area contributed by atoms with Gasteiger partial charge in [0.05, 0.1) is 0 Å². The topological polar surface area (TPSA) is 75.3 Å². The fraction of sp³-hybridized carbons (Fsp3) is 0.462. The first-order chi connectivity index (χ1) is 7.91. The molecule has 0 aliphatic heterocycles. The van der Waals surface area contributed by atoms with Crippen molar-refractivity contribution in [3.8, 4) is 5.75 Å². The molecule has 1 fully saturated rings. The van der Waals surface area contributed by atoms with Crippen molar-refractivity contribution >= 4 is 5.91 Å². The van der Waals surface area contributed by atoms with Crippen molar-refractivity contribution in [3.63, 3.8) is 0 Å². The highest BCUT2D eigenvalue weighted by atomic mass is 16.3. The molecule has 2 atom stereocenters. The van der Waals surface area contributed by atoms with Crippen LogP contribution in [0.1, 0.15) is 30.6 Å². The number of aromatic hydroxyl groups is 1. The molecule has 1 aromatic rings. The molecule has 1 amide bonds. The van der Waals surface area contributed by atoms with Crippen LogP contribution in [0.15, 0.2) is 24.3 Å². The van der Waals surface area contributed by atoms with Crippen LogP contribution in [0.3, 0.4) is 0 Å². The van der Waals surface area contributed by atoms with Crippen molar-refractivity contribution in [2.24, 2.45) is 11.1 Å². The average Bonchev–Trinajstić information content (AvgIpc) is 2.29. The van der Waals surface area contributed by atoms with Gasteiger partial charge in [0, 0.05) is 23.1 Å². The number of rotatable bonds is 2. The Hall–Kier alpha value is -1.55. The number of nitrogens with one attached hydrogen (secondary N) is 1. The molecule has 1 aliphatic carbocycles. The minimum Gasteiger partial charge on any atom is -0.508 e. The number of hydrogen-bond acceptors (Lipinski definition) is 3. The second kappa shape index (κ2) is 4.04. The summed E-state index contributed by atoms with van der Waals surface area (Å²) in [5.74, 6) is 0.0440. The van der Waals surface area contributed by atoms with Gasteiger partial charge in [-0.15, -0.1) is 0 Å². The molecular weight excluding hydrogens is 216 g/mol. The fourth-order valence-corrected chi connectivity index (χ4v) is 2.06. The standard InChI is InChI=1S/C13H18N2O2/c1-13(2)10(14)7-11(13)15-12(17)8-3-5-9(16)6-4-8/h3-6,10-11,16H,7,14H2,1-2H3,(H,15,17). The van der Waals surface area contributed by atoms with Gasteiger partial charge in [0.1, 0.15) is 5.75 Å². The Labute approximate surface area is 101 Å². The van der Waals surface area contributed by atoms with Gasteiger partial charge < -0.3 is 16.2 Å². The van der Waals surface area contributed by atoms with E-state index in [1.165, 1.54) is 12.1 Å². The molecule has 17 heavy (non-hydrogen) atoms. The smallest absolute Gasteiger partial charge is 0.251 e. The second-order valence-electron chi connectivity index (χ2n) is 5.24. The van der Waals surface area contributed by atoms with Gasteiger partial charge in [0.15, 0.2) is 0 Å². The van der Waals surface area contributed by atoms with E-state index in [0.717, 1.165) is 6.42 Å². The number of phenols is 1. The Morgan fingerprint density at radius 3 is 2.47 bits per heavy atom. The summed E-state index contributed by atoms with van der Waals surface area (Å²) in [5.41, 5.74) is 6.40. The highest BCUT2D eigenvalue weighted by molar-refractivity contribution is 5.94. The van der Waals surface area contributed by atoms with Crippen LogP contribution in [0.2, 0.25) is 0 Å². The van der Waals surface area contributed by atoms with Crippen LogP contribution >= 0.6 is 0 Å². The third kappa shape index (κ3) is 2.13. The van der Waals surface area contributed by atoms with Crippen molar-refractivity contribution in [2.75, 3.05) is 0 Å². The molecular formula is C13H18N2O2. The second-order valence-corrected chi connectivity index (χ2v) is 5.24. The lowest BCUT2D eigenvalue weighted by Crippen LogP contribution is -2.64. The van der Waals surface area contributed by atoms with Crippen LogP contribution in [-0.4, -0.2) is 23.1 Å². The summed E-state index contributed by atoms with van der Waals surface area (Å²) in [5, 5.41) is 12.1. The molecule has 0 aromatic heterocycles. The maximum Gasteiger partial charge on any atom is 0.251 e. The molecule has 2 rings (SSSR count). The van der Waals surface area contributed by atoms with Crippen LogP contribution in [-0.2, 0) is 0 Å². The zero-order valence-corrected chi connectivity index (χ0v) is 10.1. The number of amides is 1. The van der Waals surface area contributed by atoms with E-state index in [0.29, 0.717) is 5.56 Å². The Bertz CT molecular complexity index is 426. The SMILES string of the molecule is CC1(C)C(N)CC1NC(=O)c1ccc(O)cc1. The number of hydrogen-bond donors (Lipinski definition) is 3. The lowest BCUT2D eigenvalue weighted by molar-refractivity contribution is 0.0586. The summed E-state index contributed by atoms with van der Waals surface area (Å²) >= 11 is 0. The molecule has 4 heteroatoms. The zero-order chi connectivity index (χ0) is 12.6. The van der Waals surface area contributed by atoms with E-state index in [-0.39, 0.29) is 29.2 Å². The van der Waals surface area contributed by atoms with Gasteiger partial charge in [-0.05, 0) is 30.7 Å². The minimum absolute atomic E-state index is 0.0490. The van der Waals surface area contributed by atoms with Crippen LogP contribution in [0.25, 0.3) is 0 Å². The van der Waals surface area contributed by atoms with Gasteiger partial charge >= 0.3 is 0 Å². The monoisotopic (exact) mass is 234 g/mol. The predicted octanol–water partition coefficient (Wildman–Crippen LogP) is 1.25. The largest absolute Gasteiger partial charge is 0.508 e. The number of carbonyl (C=O) groups is 1. The van der Waals surface area contributed by atoms with Crippen molar-refractivity contribution in [3.05, 3.63) is 29.8 Å². The van der Waals surface area contributed by atoms with Gasteiger partial charge in [0.25, 0.3) is 5.91 Å². The molecule has 0 bridgehead atoms. The van der Waals surface area contributed by atoms with Gasteiger partial charge in [0.2, 0.25) is 0 Å². The first-order valence-corrected chi connectivity index (χ1v) is 5.76. The molecule has 1 aliphatic rings. The van der Waals surface area contributed by atoms with Crippen LogP contribution in [0.5, 0.6) is 5.75 Å². The molecule has 0 heterocycles. The fourth-order valence-electron chi connectivity index (χ4n) is 2.06. The summed E-state index contributed by atoms with van der Waals surface area (Å²) in [6.07, 6.45) is 0.816. The Morgan fingerprint density at radius 2 is 2.00 bits per heavy atom. The Kier molecular flexibility index (Phi) is 2.83. The quantitative estimate of drug-likeness (QED) is 0.721. The first kappa shape index (κ1) is 11.9. The highest BCUT2D eigenvalue weighted by Crippen LogP contribution is 2.39. The molecule has 2 unspecified atom stereocenters. The van der Waals surface area contributed by atoms with Gasteiger partial charge in [-0.3, -0.25) is 4.79 Å². The van der Waals surface area contributed by atoms with Crippen molar-refractivity contribution in [2.45, 2.75) is 32.4 Å². The third-order valence-electron chi connectivity index (χ3n) is 3.78. The normalized spacial score (nSPS) is 26.1. The van der Waals surface area contributed by atoms with Crippen LogP contribution in [0.4, 0.5) is 0 Å². The van der Waals surface area contributed by atoms with E-state index in [1.807, 2.05) is 0 Å². The average molecular weight is 234 g/mol. The van der Waals surface area contributed by atoms with Gasteiger partial charge in [-0.1, -0.05) is 13.8 Å². The molecule has 92 valence electrons. The lowest BCUT2D eigenvalue weighted by Gasteiger charge is -2.50. The number of phenolic OH excluding ortho intramolecular Hbond substituents is 1. The number of benzene rings is 1. The molecule has 0 spiro atoms. The Morgan fingerprint density at radius 1 is 1.41 bits per heavy atom. The maximum absolute atomic E-state index is 11.9. The minimum atomic E-state index is -0.116. The number of carbonyl (C=O) groups excluding carboxylic acids is 1. The van der Waals surface area contributed by atoms with E-state index < -0.39 is 0 Å². The van der Waals surface area contributed by atoms with E-state index in [2.05, 4.69) is 19.2 Å². The van der Waals surface area contributed by atoms with E-state index in [9.17, 15) is 4.79 Å². The summed E-state index contributed by atoms with van der Waals surface area (Å²) < 4.78 is 0. The van der Waals surface area contributed by atoms with Crippen LogP contribution < -0.4 is 11.1 Å². The number of nitrogens with two attached hydrogens (primary N) is 1. The van der Waals surface area contributed by atoms with E-state index in [1.54, 1.807) is 12.1 Å². The molecule has 0 saturated heterocycles. The van der Waals surface area contributed by atoms with Crippen molar-refractivity contribution in [1.29, 1.82) is 0 Å². The molecule has 1 aromatic carbocycles. The summed E-state index contributed by atoms with van der Waals surface area (Å²) in [6, 6.07) is 6.50. The first-order valence-electron chi connectivity index (χ1n) is 5.76. The molecule has 4 nitrogen and oxygen atoms in total. The summed E-state index contributed by atoms with van der Waals surface area (Å²) in [6.45, 7) is 4.12. The van der Waals surface area contributed by atoms with Gasteiger partial charge in [-0.25, -0.2) is 0 Å².